The van der Waals surface area contributed by atoms with E-state index >= 15 is 0 Å². The lowest BCUT2D eigenvalue weighted by atomic mass is 9.99. The van der Waals surface area contributed by atoms with Crippen LogP contribution in [-0.4, -0.2) is 32.8 Å². The molecule has 62 valence electrons. The monoisotopic (exact) mass is 146 g/mol. The Labute approximate surface area is 62.9 Å². The van der Waals surface area contributed by atoms with Gasteiger partial charge in [-0.3, -0.25) is 0 Å². The molecule has 0 spiro atoms. The predicted octanol–water partition coefficient (Wildman–Crippen LogP) is -0.0403. The van der Waals surface area contributed by atoms with Gasteiger partial charge in [0.25, 0.3) is 0 Å². The van der Waals surface area contributed by atoms with Crippen molar-refractivity contribution in [2.45, 2.75) is 18.9 Å². The highest BCUT2D eigenvalue weighted by Gasteiger charge is 2.20. The molecule has 0 aliphatic heterocycles. The van der Waals surface area contributed by atoms with Crippen molar-refractivity contribution in [2.24, 2.45) is 5.73 Å². The van der Waals surface area contributed by atoms with Crippen LogP contribution in [0.4, 0.5) is 0 Å². The van der Waals surface area contributed by atoms with Crippen molar-refractivity contribution in [1.82, 2.24) is 5.32 Å². The number of rotatable bonds is 5. The fraction of sp³-hybridized carbons (Fsp3) is 1.00. The molecule has 0 heterocycles. The van der Waals surface area contributed by atoms with Crippen LogP contribution < -0.4 is 11.1 Å². The zero-order valence-corrected chi connectivity index (χ0v) is 7.11. The van der Waals surface area contributed by atoms with Crippen molar-refractivity contribution in [1.29, 1.82) is 0 Å². The molecule has 0 aromatic rings. The zero-order valence-electron chi connectivity index (χ0n) is 7.11. The summed E-state index contributed by atoms with van der Waals surface area (Å²) in [5, 5.41) is 3.04. The Hall–Kier alpha value is -0.120. The minimum absolute atomic E-state index is 0.191. The second kappa shape index (κ2) is 4.66. The lowest BCUT2D eigenvalue weighted by Crippen LogP contribution is -2.51. The summed E-state index contributed by atoms with van der Waals surface area (Å²) >= 11 is 0. The largest absolute Gasteiger partial charge is 0.383 e. The second-order valence-corrected chi connectivity index (χ2v) is 2.68. The quantitative estimate of drug-likeness (QED) is 0.572. The van der Waals surface area contributed by atoms with Crippen LogP contribution in [0.3, 0.4) is 0 Å². The summed E-state index contributed by atoms with van der Waals surface area (Å²) in [6, 6.07) is 0. The van der Waals surface area contributed by atoms with Gasteiger partial charge >= 0.3 is 0 Å². The molecule has 0 amide bonds. The minimum Gasteiger partial charge on any atom is -0.383 e. The lowest BCUT2D eigenvalue weighted by molar-refractivity contribution is 0.129. The van der Waals surface area contributed by atoms with Gasteiger partial charge in [0.15, 0.2) is 0 Å². The summed E-state index contributed by atoms with van der Waals surface area (Å²) in [6.45, 7) is 3.48. The third kappa shape index (κ3) is 3.15. The smallest absolute Gasteiger partial charge is 0.0654 e. The zero-order chi connectivity index (χ0) is 8.04. The fourth-order valence-corrected chi connectivity index (χ4v) is 0.918. The van der Waals surface area contributed by atoms with Crippen molar-refractivity contribution in [3.05, 3.63) is 0 Å². The summed E-state index contributed by atoms with van der Waals surface area (Å²) in [7, 11) is 3.57. The number of methoxy groups -OCH3 is 1. The van der Waals surface area contributed by atoms with Gasteiger partial charge in [-0.05, 0) is 13.5 Å². The number of nitrogens with two attached hydrogens (primary N) is 1. The van der Waals surface area contributed by atoms with Gasteiger partial charge in [0.1, 0.15) is 0 Å². The van der Waals surface area contributed by atoms with Gasteiger partial charge in [0, 0.05) is 13.7 Å². The van der Waals surface area contributed by atoms with E-state index in [0.29, 0.717) is 6.61 Å². The second-order valence-electron chi connectivity index (χ2n) is 2.68. The Kier molecular flexibility index (Phi) is 4.60. The van der Waals surface area contributed by atoms with E-state index in [1.807, 2.05) is 7.05 Å². The van der Waals surface area contributed by atoms with Crippen molar-refractivity contribution in [3.8, 4) is 0 Å². The summed E-state index contributed by atoms with van der Waals surface area (Å²) < 4.78 is 4.99. The number of nitrogens with one attached hydrogen (secondary N) is 1. The van der Waals surface area contributed by atoms with E-state index < -0.39 is 0 Å². The minimum atomic E-state index is -0.191. The van der Waals surface area contributed by atoms with Crippen molar-refractivity contribution in [3.63, 3.8) is 0 Å². The van der Waals surface area contributed by atoms with Crippen LogP contribution in [0.1, 0.15) is 13.3 Å². The summed E-state index contributed by atoms with van der Waals surface area (Å²) in [6.07, 6.45) is 0.932. The first-order chi connectivity index (χ1) is 4.68. The van der Waals surface area contributed by atoms with Crippen molar-refractivity contribution < 1.29 is 4.74 Å². The van der Waals surface area contributed by atoms with Gasteiger partial charge < -0.3 is 15.8 Å². The van der Waals surface area contributed by atoms with Crippen LogP contribution in [-0.2, 0) is 4.74 Å². The Bertz CT molecular complexity index is 79.7. The average molecular weight is 146 g/mol. The number of ether oxygens (including phenoxy) is 1. The van der Waals surface area contributed by atoms with Gasteiger partial charge in [-0.1, -0.05) is 6.92 Å². The molecule has 0 fully saturated rings. The molecule has 0 rings (SSSR count). The van der Waals surface area contributed by atoms with Crippen LogP contribution in [0.15, 0.2) is 0 Å². The van der Waals surface area contributed by atoms with Crippen LogP contribution >= 0.6 is 0 Å². The van der Waals surface area contributed by atoms with Gasteiger partial charge in [0.2, 0.25) is 0 Å². The molecule has 0 saturated carbocycles. The van der Waals surface area contributed by atoms with E-state index in [1.165, 1.54) is 0 Å². The van der Waals surface area contributed by atoms with Crippen LogP contribution in [0.5, 0.6) is 0 Å². The Balaban J connectivity index is 3.69. The SMILES string of the molecule is CCC(N)(CNC)COC. The standard InChI is InChI=1S/C7H18N2O/c1-4-7(8,5-9-2)6-10-3/h9H,4-6,8H2,1-3H3. The first-order valence-corrected chi connectivity index (χ1v) is 3.61. The summed E-state index contributed by atoms with van der Waals surface area (Å²) in [4.78, 5) is 0. The van der Waals surface area contributed by atoms with Crippen LogP contribution in [0.2, 0.25) is 0 Å². The van der Waals surface area contributed by atoms with Gasteiger partial charge in [-0.2, -0.15) is 0 Å². The maximum absolute atomic E-state index is 5.93. The lowest BCUT2D eigenvalue weighted by Gasteiger charge is -2.26. The number of hydrogen-bond donors (Lipinski definition) is 2. The maximum Gasteiger partial charge on any atom is 0.0654 e. The third-order valence-electron chi connectivity index (χ3n) is 1.66. The van der Waals surface area contributed by atoms with Gasteiger partial charge in [-0.15, -0.1) is 0 Å². The molecule has 0 radical (unpaired) electrons. The van der Waals surface area contributed by atoms with E-state index in [0.717, 1.165) is 13.0 Å². The highest BCUT2D eigenvalue weighted by Crippen LogP contribution is 2.03. The highest BCUT2D eigenvalue weighted by atomic mass is 16.5. The van der Waals surface area contributed by atoms with E-state index in [2.05, 4.69) is 12.2 Å². The van der Waals surface area contributed by atoms with E-state index in [-0.39, 0.29) is 5.54 Å². The van der Waals surface area contributed by atoms with Gasteiger partial charge in [0.05, 0.1) is 12.1 Å². The molecule has 0 aliphatic rings. The van der Waals surface area contributed by atoms with E-state index in [9.17, 15) is 0 Å². The fourth-order valence-electron chi connectivity index (χ4n) is 0.918. The average Bonchev–Trinajstić information content (AvgIpc) is 1.89. The van der Waals surface area contributed by atoms with Crippen molar-refractivity contribution >= 4 is 0 Å². The van der Waals surface area contributed by atoms with Gasteiger partial charge in [-0.25, -0.2) is 0 Å². The number of likely N-dealkylation sites (N-methyl/N-ethyl adjacent to an activating group) is 1. The molecule has 1 atom stereocenters. The maximum atomic E-state index is 5.93. The first-order valence-electron chi connectivity index (χ1n) is 3.61. The van der Waals surface area contributed by atoms with Crippen molar-refractivity contribution in [2.75, 3.05) is 27.3 Å². The number of hydrogen-bond acceptors (Lipinski definition) is 3. The Morgan fingerprint density at radius 3 is 2.50 bits per heavy atom. The normalized spacial score (nSPS) is 16.8. The molecule has 10 heavy (non-hydrogen) atoms. The molecular formula is C7H18N2O. The summed E-state index contributed by atoms with van der Waals surface area (Å²) in [5.74, 6) is 0. The molecule has 0 bridgehead atoms. The molecule has 3 N–H and O–H groups in total. The van der Waals surface area contributed by atoms with Crippen LogP contribution in [0, 0.1) is 0 Å². The molecular weight excluding hydrogens is 128 g/mol. The molecule has 3 nitrogen and oxygen atoms in total. The molecule has 0 aromatic carbocycles. The van der Waals surface area contributed by atoms with E-state index in [1.54, 1.807) is 7.11 Å². The predicted molar refractivity (Wildman–Crippen MR) is 43.0 cm³/mol. The highest BCUT2D eigenvalue weighted by molar-refractivity contribution is 4.83. The molecule has 3 heteroatoms. The third-order valence-corrected chi connectivity index (χ3v) is 1.66. The summed E-state index contributed by atoms with van der Waals surface area (Å²) in [5.41, 5.74) is 5.74. The van der Waals surface area contributed by atoms with Crippen LogP contribution in [0.25, 0.3) is 0 Å². The Morgan fingerprint density at radius 2 is 2.20 bits per heavy atom. The molecule has 1 unspecified atom stereocenters. The van der Waals surface area contributed by atoms with E-state index in [4.69, 9.17) is 10.5 Å². The molecule has 0 saturated heterocycles. The Morgan fingerprint density at radius 1 is 1.60 bits per heavy atom. The first kappa shape index (κ1) is 9.88. The molecule has 0 aromatic heterocycles. The molecule has 0 aliphatic carbocycles. The topological polar surface area (TPSA) is 47.3 Å².